The number of rotatable bonds is 6. The number of benzene rings is 1. The van der Waals surface area contributed by atoms with E-state index in [9.17, 15) is 4.39 Å². The van der Waals surface area contributed by atoms with Gasteiger partial charge < -0.3 is 9.53 Å². The van der Waals surface area contributed by atoms with E-state index in [0.717, 1.165) is 5.57 Å². The van der Waals surface area contributed by atoms with Crippen LogP contribution >= 0.6 is 0 Å². The Morgan fingerprint density at radius 2 is 1.90 bits per heavy atom. The summed E-state index contributed by atoms with van der Waals surface area (Å²) in [6, 6.07) is 6.65. The molecule has 1 N–H and O–H groups in total. The molecule has 0 unspecified atom stereocenters. The van der Waals surface area contributed by atoms with Gasteiger partial charge in [0.15, 0.2) is 8.32 Å². The highest BCUT2D eigenvalue weighted by molar-refractivity contribution is 6.74. The molecule has 0 aliphatic rings. The van der Waals surface area contributed by atoms with Crippen molar-refractivity contribution in [2.24, 2.45) is 0 Å². The molecule has 0 bridgehead atoms. The van der Waals surface area contributed by atoms with Gasteiger partial charge in [0.1, 0.15) is 5.82 Å². The largest absolute Gasteiger partial charge is 0.416 e. The number of hydrogen-bond donors (Lipinski definition) is 1. The Balaban J connectivity index is 2.75. The van der Waals surface area contributed by atoms with Crippen LogP contribution in [-0.2, 0) is 4.43 Å². The van der Waals surface area contributed by atoms with Gasteiger partial charge in [0.05, 0.1) is 6.61 Å². The van der Waals surface area contributed by atoms with Crippen LogP contribution in [0.3, 0.4) is 0 Å². The predicted molar refractivity (Wildman–Crippen MR) is 89.2 cm³/mol. The van der Waals surface area contributed by atoms with Gasteiger partial charge in [-0.05, 0) is 36.2 Å². The smallest absolute Gasteiger partial charge is 0.191 e. The zero-order valence-electron chi connectivity index (χ0n) is 13.7. The summed E-state index contributed by atoms with van der Waals surface area (Å²) in [5, 5.41) is 9.30. The molecule has 0 spiro atoms. The summed E-state index contributed by atoms with van der Waals surface area (Å²) in [6.07, 6.45) is 2.27. The molecular weight excluding hydrogens is 283 g/mol. The van der Waals surface area contributed by atoms with E-state index in [2.05, 4.69) is 33.9 Å². The zero-order chi connectivity index (χ0) is 16.1. The Morgan fingerprint density at radius 1 is 1.29 bits per heavy atom. The van der Waals surface area contributed by atoms with Gasteiger partial charge in [-0.1, -0.05) is 45.0 Å². The minimum atomic E-state index is -1.79. The summed E-state index contributed by atoms with van der Waals surface area (Å²) in [5.74, 6) is -0.260. The van der Waals surface area contributed by atoms with E-state index in [4.69, 9.17) is 9.53 Å². The van der Waals surface area contributed by atoms with Gasteiger partial charge in [-0.15, -0.1) is 0 Å². The lowest BCUT2D eigenvalue weighted by atomic mass is 10.0. The first kappa shape index (κ1) is 18.1. The van der Waals surface area contributed by atoms with E-state index < -0.39 is 8.32 Å². The third kappa shape index (κ3) is 5.06. The van der Waals surface area contributed by atoms with Crippen LogP contribution in [0.25, 0.3) is 5.57 Å². The van der Waals surface area contributed by atoms with E-state index in [0.29, 0.717) is 18.6 Å². The molecule has 0 aliphatic carbocycles. The standard InChI is InChI=1S/C17H27FO2Si/c1-17(2,3)21(4,5)20-13-11-14(10-12-19)15-8-6-7-9-16(15)18/h6-10,19H,11-13H2,1-5H3. The fourth-order valence-electron chi connectivity index (χ4n) is 1.81. The third-order valence-electron chi connectivity index (χ3n) is 4.20. The molecule has 0 heterocycles. The van der Waals surface area contributed by atoms with Crippen LogP contribution in [0.15, 0.2) is 30.3 Å². The molecule has 0 aromatic heterocycles. The molecule has 1 aromatic rings. The van der Waals surface area contributed by atoms with E-state index in [1.165, 1.54) is 6.07 Å². The lowest BCUT2D eigenvalue weighted by Gasteiger charge is -2.36. The van der Waals surface area contributed by atoms with Gasteiger partial charge in [-0.3, -0.25) is 0 Å². The van der Waals surface area contributed by atoms with Crippen molar-refractivity contribution in [1.82, 2.24) is 0 Å². The molecule has 0 atom stereocenters. The van der Waals surface area contributed by atoms with Crippen molar-refractivity contribution < 1.29 is 13.9 Å². The van der Waals surface area contributed by atoms with E-state index in [1.54, 1.807) is 24.3 Å². The molecule has 1 rings (SSSR count). The summed E-state index contributed by atoms with van der Waals surface area (Å²) in [7, 11) is -1.79. The number of aliphatic hydroxyl groups excluding tert-OH is 1. The maximum atomic E-state index is 13.9. The molecule has 0 saturated carbocycles. The fourth-order valence-corrected chi connectivity index (χ4v) is 2.86. The van der Waals surface area contributed by atoms with Crippen molar-refractivity contribution >= 4 is 13.9 Å². The van der Waals surface area contributed by atoms with E-state index in [-0.39, 0.29) is 17.5 Å². The minimum absolute atomic E-state index is 0.0935. The third-order valence-corrected chi connectivity index (χ3v) is 8.74. The predicted octanol–water partition coefficient (Wildman–Crippen LogP) is 4.61. The van der Waals surface area contributed by atoms with E-state index in [1.807, 2.05) is 0 Å². The summed E-state index contributed by atoms with van der Waals surface area (Å²) in [6.45, 7) is 11.4. The van der Waals surface area contributed by atoms with Crippen molar-refractivity contribution in [1.29, 1.82) is 0 Å². The summed E-state index contributed by atoms with van der Waals surface area (Å²) in [4.78, 5) is 0. The van der Waals surface area contributed by atoms with Gasteiger partial charge in [-0.25, -0.2) is 4.39 Å². The first-order valence-corrected chi connectivity index (χ1v) is 10.3. The van der Waals surface area contributed by atoms with Crippen molar-refractivity contribution in [2.75, 3.05) is 13.2 Å². The molecule has 2 nitrogen and oxygen atoms in total. The van der Waals surface area contributed by atoms with Crippen molar-refractivity contribution in [2.45, 2.75) is 45.3 Å². The van der Waals surface area contributed by atoms with Gasteiger partial charge in [-0.2, -0.15) is 0 Å². The molecule has 0 fully saturated rings. The second kappa shape index (κ2) is 7.34. The Labute approximate surface area is 128 Å². The summed E-state index contributed by atoms with van der Waals surface area (Å²) in [5.41, 5.74) is 1.35. The lowest BCUT2D eigenvalue weighted by molar-refractivity contribution is 0.295. The van der Waals surface area contributed by atoms with Gasteiger partial charge in [0, 0.05) is 12.2 Å². The minimum Gasteiger partial charge on any atom is -0.416 e. The van der Waals surface area contributed by atoms with Gasteiger partial charge >= 0.3 is 0 Å². The molecule has 1 aromatic carbocycles. The van der Waals surface area contributed by atoms with Gasteiger partial charge in [0.2, 0.25) is 0 Å². The van der Waals surface area contributed by atoms with Crippen LogP contribution in [-0.4, -0.2) is 26.6 Å². The Morgan fingerprint density at radius 3 is 2.43 bits per heavy atom. The summed E-state index contributed by atoms with van der Waals surface area (Å²) >= 11 is 0. The highest BCUT2D eigenvalue weighted by Crippen LogP contribution is 2.37. The molecule has 118 valence electrons. The molecule has 0 radical (unpaired) electrons. The van der Waals surface area contributed by atoms with Crippen LogP contribution < -0.4 is 0 Å². The quantitative estimate of drug-likeness (QED) is 0.777. The topological polar surface area (TPSA) is 29.5 Å². The average Bonchev–Trinajstić information content (AvgIpc) is 2.37. The van der Waals surface area contributed by atoms with Crippen LogP contribution in [0.5, 0.6) is 0 Å². The maximum absolute atomic E-state index is 13.9. The highest BCUT2D eigenvalue weighted by atomic mass is 28.4. The molecule has 0 amide bonds. The molecular formula is C17H27FO2Si. The Kier molecular flexibility index (Phi) is 6.32. The van der Waals surface area contributed by atoms with Crippen LogP contribution in [0.2, 0.25) is 18.1 Å². The van der Waals surface area contributed by atoms with Crippen LogP contribution in [0.4, 0.5) is 4.39 Å². The molecule has 0 saturated heterocycles. The van der Waals surface area contributed by atoms with Crippen molar-refractivity contribution in [3.05, 3.63) is 41.7 Å². The van der Waals surface area contributed by atoms with Crippen LogP contribution in [0, 0.1) is 5.82 Å². The fraction of sp³-hybridized carbons (Fsp3) is 0.529. The first-order valence-electron chi connectivity index (χ1n) is 7.38. The molecule has 21 heavy (non-hydrogen) atoms. The van der Waals surface area contributed by atoms with Gasteiger partial charge in [0.25, 0.3) is 0 Å². The average molecular weight is 310 g/mol. The van der Waals surface area contributed by atoms with Crippen molar-refractivity contribution in [3.63, 3.8) is 0 Å². The van der Waals surface area contributed by atoms with E-state index >= 15 is 0 Å². The Hall–Kier alpha value is -0.973. The van der Waals surface area contributed by atoms with Crippen molar-refractivity contribution in [3.8, 4) is 0 Å². The zero-order valence-corrected chi connectivity index (χ0v) is 14.7. The molecule has 4 heteroatoms. The second-order valence-electron chi connectivity index (χ2n) is 6.75. The number of aliphatic hydroxyl groups is 1. The van der Waals surface area contributed by atoms with Crippen LogP contribution in [0.1, 0.15) is 32.8 Å². The second-order valence-corrected chi connectivity index (χ2v) is 11.6. The molecule has 0 aliphatic heterocycles. The monoisotopic (exact) mass is 310 g/mol. The number of hydrogen-bond acceptors (Lipinski definition) is 2. The summed E-state index contributed by atoms with van der Waals surface area (Å²) < 4.78 is 20.0. The Bertz CT molecular complexity index is 490. The first-order chi connectivity index (χ1) is 9.69. The number of halogens is 1. The highest BCUT2D eigenvalue weighted by Gasteiger charge is 2.36. The maximum Gasteiger partial charge on any atom is 0.191 e. The normalized spacial score (nSPS) is 13.6. The SMILES string of the molecule is CC(C)(C)[Si](C)(C)OCCC(=CCO)c1ccccc1F. The lowest BCUT2D eigenvalue weighted by Crippen LogP contribution is -2.41.